The maximum absolute atomic E-state index is 11.1. The summed E-state index contributed by atoms with van der Waals surface area (Å²) in [6.07, 6.45) is 0.360. The minimum Gasteiger partial charge on any atom is -0.372 e. The molecule has 2 rings (SSSR count). The molecule has 1 aromatic carbocycles. The molecule has 0 aromatic heterocycles. The molecule has 1 aliphatic heterocycles. The number of aliphatic hydroxyl groups is 1. The molecule has 1 heterocycles. The van der Waals surface area contributed by atoms with Crippen LogP contribution in [0.25, 0.3) is 0 Å². The van der Waals surface area contributed by atoms with Gasteiger partial charge in [0.2, 0.25) is 5.91 Å². The van der Waals surface area contributed by atoms with Gasteiger partial charge in [0.15, 0.2) is 0 Å². The van der Waals surface area contributed by atoms with E-state index >= 15 is 0 Å². The Labute approximate surface area is 81.7 Å². The molecule has 0 radical (unpaired) electrons. The average molecular weight is 192 g/mol. The normalized spacial score (nSPS) is 18.6. The highest BCUT2D eigenvalue weighted by Gasteiger charge is 2.22. The van der Waals surface area contributed by atoms with Gasteiger partial charge in [-0.25, -0.2) is 0 Å². The van der Waals surface area contributed by atoms with Crippen LogP contribution in [0, 0.1) is 0 Å². The van der Waals surface area contributed by atoms with Crippen LogP contribution in [0.4, 0.5) is 5.69 Å². The maximum atomic E-state index is 11.1. The van der Waals surface area contributed by atoms with E-state index in [1.54, 1.807) is 18.2 Å². The lowest BCUT2D eigenvalue weighted by molar-refractivity contribution is -0.115. The van der Waals surface area contributed by atoms with Gasteiger partial charge in [-0.05, 0) is 30.2 Å². The van der Waals surface area contributed by atoms with Crippen molar-refractivity contribution in [2.24, 2.45) is 5.73 Å². The molecule has 0 fully saturated rings. The number of anilines is 1. The van der Waals surface area contributed by atoms with Gasteiger partial charge in [0.25, 0.3) is 0 Å². The molecule has 14 heavy (non-hydrogen) atoms. The number of amides is 1. The molecule has 4 nitrogen and oxygen atoms in total. The Morgan fingerprint density at radius 3 is 2.93 bits per heavy atom. The highest BCUT2D eigenvalue weighted by atomic mass is 16.3. The Morgan fingerprint density at radius 1 is 1.57 bits per heavy atom. The standard InChI is InChI=1S/C10H12N2O2/c1-10(11,14)7-2-3-8-6(4-7)5-9(13)12-8/h2-4,14H,5,11H2,1H3,(H,12,13)/t10-/m0/s1. The van der Waals surface area contributed by atoms with Crippen LogP contribution in [0.1, 0.15) is 18.1 Å². The van der Waals surface area contributed by atoms with E-state index < -0.39 is 5.72 Å². The quantitative estimate of drug-likeness (QED) is 0.560. The van der Waals surface area contributed by atoms with E-state index in [-0.39, 0.29) is 5.91 Å². The SMILES string of the molecule is C[C@](N)(O)c1ccc2c(c1)CC(=O)N2. The van der Waals surface area contributed by atoms with Gasteiger partial charge >= 0.3 is 0 Å². The molecule has 1 aromatic rings. The number of nitrogens with one attached hydrogen (secondary N) is 1. The molecule has 0 aliphatic carbocycles. The van der Waals surface area contributed by atoms with Crippen molar-refractivity contribution in [3.8, 4) is 0 Å². The van der Waals surface area contributed by atoms with Gasteiger partial charge in [-0.1, -0.05) is 6.07 Å². The third-order valence-electron chi connectivity index (χ3n) is 2.31. The first-order valence-electron chi connectivity index (χ1n) is 4.41. The van der Waals surface area contributed by atoms with Crippen molar-refractivity contribution in [1.82, 2.24) is 0 Å². The molecule has 1 atom stereocenters. The largest absolute Gasteiger partial charge is 0.372 e. The minimum absolute atomic E-state index is 0.0196. The van der Waals surface area contributed by atoms with E-state index in [1.165, 1.54) is 6.92 Å². The number of hydrogen-bond acceptors (Lipinski definition) is 3. The van der Waals surface area contributed by atoms with Crippen molar-refractivity contribution >= 4 is 11.6 Å². The van der Waals surface area contributed by atoms with Crippen LogP contribution in [0.5, 0.6) is 0 Å². The Balaban J connectivity index is 2.43. The predicted octanol–water partition coefficient (Wildman–Crippen LogP) is 0.305. The zero-order valence-corrected chi connectivity index (χ0v) is 7.87. The summed E-state index contributed by atoms with van der Waals surface area (Å²) in [7, 11) is 0. The summed E-state index contributed by atoms with van der Waals surface area (Å²) >= 11 is 0. The molecule has 4 heteroatoms. The van der Waals surface area contributed by atoms with Gasteiger partial charge in [-0.2, -0.15) is 0 Å². The van der Waals surface area contributed by atoms with Crippen LogP contribution in [-0.4, -0.2) is 11.0 Å². The summed E-state index contributed by atoms with van der Waals surface area (Å²) in [5.74, 6) is -0.0196. The zero-order valence-electron chi connectivity index (χ0n) is 7.87. The predicted molar refractivity (Wildman–Crippen MR) is 52.5 cm³/mol. The number of carbonyl (C=O) groups is 1. The average Bonchev–Trinajstić information content (AvgIpc) is 2.41. The van der Waals surface area contributed by atoms with Crippen molar-refractivity contribution in [1.29, 1.82) is 0 Å². The molecule has 0 spiro atoms. The van der Waals surface area contributed by atoms with Crippen LogP contribution < -0.4 is 11.1 Å². The monoisotopic (exact) mass is 192 g/mol. The van der Waals surface area contributed by atoms with Gasteiger partial charge in [0.05, 0.1) is 6.42 Å². The van der Waals surface area contributed by atoms with Crippen molar-refractivity contribution in [2.75, 3.05) is 5.32 Å². The minimum atomic E-state index is -1.35. The number of benzene rings is 1. The zero-order chi connectivity index (χ0) is 10.3. The first-order chi connectivity index (χ1) is 6.47. The van der Waals surface area contributed by atoms with Gasteiger partial charge < -0.3 is 16.2 Å². The van der Waals surface area contributed by atoms with E-state index in [1.807, 2.05) is 0 Å². The van der Waals surface area contributed by atoms with Crippen LogP contribution in [0.2, 0.25) is 0 Å². The topological polar surface area (TPSA) is 75.3 Å². The fourth-order valence-electron chi connectivity index (χ4n) is 1.54. The molecule has 74 valence electrons. The van der Waals surface area contributed by atoms with Gasteiger partial charge in [-0.15, -0.1) is 0 Å². The number of hydrogen-bond donors (Lipinski definition) is 3. The Kier molecular flexibility index (Phi) is 1.83. The maximum Gasteiger partial charge on any atom is 0.228 e. The summed E-state index contributed by atoms with van der Waals surface area (Å²) in [5, 5.41) is 12.3. The molecule has 0 unspecified atom stereocenters. The lowest BCUT2D eigenvalue weighted by atomic mass is 10.0. The Bertz CT molecular complexity index is 394. The van der Waals surface area contributed by atoms with E-state index in [0.717, 1.165) is 11.3 Å². The second-order valence-corrected chi connectivity index (χ2v) is 3.74. The highest BCUT2D eigenvalue weighted by molar-refractivity contribution is 5.99. The van der Waals surface area contributed by atoms with Crippen molar-refractivity contribution in [3.05, 3.63) is 29.3 Å². The van der Waals surface area contributed by atoms with E-state index in [9.17, 15) is 9.90 Å². The number of fused-ring (bicyclic) bond motifs is 1. The molecule has 0 saturated heterocycles. The second kappa shape index (κ2) is 2.80. The molecular weight excluding hydrogens is 180 g/mol. The summed E-state index contributed by atoms with van der Waals surface area (Å²) in [6, 6.07) is 5.23. The fraction of sp³-hybridized carbons (Fsp3) is 0.300. The first-order valence-corrected chi connectivity index (χ1v) is 4.41. The lowest BCUT2D eigenvalue weighted by Crippen LogP contribution is -2.32. The van der Waals surface area contributed by atoms with Crippen LogP contribution >= 0.6 is 0 Å². The number of carbonyl (C=O) groups excluding carboxylic acids is 1. The first kappa shape index (κ1) is 9.18. The summed E-state index contributed by atoms with van der Waals surface area (Å²) in [5.41, 5.74) is 6.50. The van der Waals surface area contributed by atoms with Crippen LogP contribution in [-0.2, 0) is 16.9 Å². The van der Waals surface area contributed by atoms with Gasteiger partial charge in [0.1, 0.15) is 5.72 Å². The summed E-state index contributed by atoms with van der Waals surface area (Å²) in [6.45, 7) is 1.51. The van der Waals surface area contributed by atoms with E-state index in [2.05, 4.69) is 5.32 Å². The van der Waals surface area contributed by atoms with Gasteiger partial charge in [-0.3, -0.25) is 4.79 Å². The van der Waals surface area contributed by atoms with Crippen molar-refractivity contribution in [2.45, 2.75) is 19.1 Å². The van der Waals surface area contributed by atoms with Gasteiger partial charge in [0, 0.05) is 5.69 Å². The smallest absolute Gasteiger partial charge is 0.228 e. The van der Waals surface area contributed by atoms with Crippen molar-refractivity contribution < 1.29 is 9.90 Å². The van der Waals surface area contributed by atoms with Crippen LogP contribution in [0.3, 0.4) is 0 Å². The number of nitrogens with two attached hydrogens (primary N) is 1. The lowest BCUT2D eigenvalue weighted by Gasteiger charge is -2.18. The molecule has 0 bridgehead atoms. The molecule has 1 amide bonds. The highest BCUT2D eigenvalue weighted by Crippen LogP contribution is 2.26. The summed E-state index contributed by atoms with van der Waals surface area (Å²) < 4.78 is 0. The van der Waals surface area contributed by atoms with E-state index in [0.29, 0.717) is 12.0 Å². The second-order valence-electron chi connectivity index (χ2n) is 3.74. The van der Waals surface area contributed by atoms with Crippen molar-refractivity contribution in [3.63, 3.8) is 0 Å². The third-order valence-corrected chi connectivity index (χ3v) is 2.31. The molecule has 0 saturated carbocycles. The summed E-state index contributed by atoms with van der Waals surface area (Å²) in [4.78, 5) is 11.1. The van der Waals surface area contributed by atoms with Crippen LogP contribution in [0.15, 0.2) is 18.2 Å². The molecule has 1 aliphatic rings. The van der Waals surface area contributed by atoms with E-state index in [4.69, 9.17) is 5.73 Å². The molecule has 4 N–H and O–H groups in total. The third kappa shape index (κ3) is 1.49. The molecular formula is C10H12N2O2. The Hall–Kier alpha value is -1.39. The Morgan fingerprint density at radius 2 is 2.29 bits per heavy atom. The number of rotatable bonds is 1. The fourth-order valence-corrected chi connectivity index (χ4v) is 1.54.